The molecule has 0 aliphatic carbocycles. The predicted octanol–water partition coefficient (Wildman–Crippen LogP) is 15.0. The number of ether oxygens (including phenoxy) is 16. The van der Waals surface area contributed by atoms with Crippen molar-refractivity contribution in [1.29, 1.82) is 0 Å². The van der Waals surface area contributed by atoms with Crippen LogP contribution in [0.5, 0.6) is 0 Å². The number of nitrogens with two attached hydrogens (primary N) is 1. The second kappa shape index (κ2) is 41.7. The van der Waals surface area contributed by atoms with Gasteiger partial charge in [-0.25, -0.2) is 0 Å². The largest absolute Gasteiger partial charge is 0.374 e. The maximum Gasteiger partial charge on any atom is 0.190 e. The topological polar surface area (TPSA) is 174 Å². The fourth-order valence-corrected chi connectivity index (χ4v) is 13.3. The molecule has 0 spiro atoms. The van der Waals surface area contributed by atoms with E-state index in [2.05, 4.69) is 0 Å². The van der Waals surface area contributed by atoms with Crippen LogP contribution >= 0.6 is 0 Å². The molecule has 15 unspecified atom stereocenters. The quantitative estimate of drug-likeness (QED) is 0.0359. The van der Waals surface area contributed by atoms with Crippen molar-refractivity contribution in [2.24, 2.45) is 5.73 Å². The Hall–Kier alpha value is -8.48. The molecule has 3 fully saturated rings. The molecule has 3 saturated heterocycles. The number of hydrogen-bond acceptors (Lipinski definition) is 17. The van der Waals surface area contributed by atoms with Crippen LogP contribution in [-0.2, 0) is 142 Å². The molecule has 10 aromatic carbocycles. The van der Waals surface area contributed by atoms with Crippen LogP contribution in [0.2, 0.25) is 0 Å². The van der Waals surface area contributed by atoms with Gasteiger partial charge < -0.3 is 81.5 Å². The van der Waals surface area contributed by atoms with Crippen molar-refractivity contribution >= 4 is 0 Å². The molecule has 0 saturated carbocycles. The van der Waals surface area contributed by atoms with Gasteiger partial charge in [0.1, 0.15) is 67.1 Å². The van der Waals surface area contributed by atoms with Gasteiger partial charge in [0.15, 0.2) is 25.2 Å². The molecule has 0 radical (unpaired) electrons. The van der Waals surface area contributed by atoms with E-state index in [1.54, 1.807) is 0 Å². The van der Waals surface area contributed by atoms with Gasteiger partial charge in [0.2, 0.25) is 0 Å². The number of benzene rings is 10. The number of rotatable bonds is 40. The lowest BCUT2D eigenvalue weighted by molar-refractivity contribution is -0.418. The summed E-state index contributed by atoms with van der Waals surface area (Å²) in [6.45, 7) is 2.44. The average Bonchev–Trinajstić information content (AvgIpc) is 0.761. The summed E-state index contributed by atoms with van der Waals surface area (Å²) in [7, 11) is 0. The Balaban J connectivity index is 0.942. The van der Waals surface area contributed by atoms with Crippen LogP contribution in [0.3, 0.4) is 0 Å². The lowest BCUT2D eigenvalue weighted by Crippen LogP contribution is -2.68. The highest BCUT2D eigenvalue weighted by Crippen LogP contribution is 2.40. The zero-order valence-corrected chi connectivity index (χ0v) is 60.2. The van der Waals surface area contributed by atoms with Crippen LogP contribution in [0.4, 0.5) is 0 Å². The third-order valence-corrected chi connectivity index (χ3v) is 18.9. The van der Waals surface area contributed by atoms with Gasteiger partial charge in [-0.15, -0.1) is 0 Å². The minimum atomic E-state index is -1.35. The van der Waals surface area contributed by atoms with E-state index in [1.807, 2.05) is 303 Å². The molecule has 17 nitrogen and oxygen atoms in total. The first kappa shape index (κ1) is 76.7. The summed E-state index contributed by atoms with van der Waals surface area (Å²) in [6, 6.07) is 99.9. The molecule has 3 aliphatic heterocycles. The van der Waals surface area contributed by atoms with E-state index < -0.39 is 92.3 Å². The van der Waals surface area contributed by atoms with E-state index in [-0.39, 0.29) is 85.9 Å². The Kier molecular flexibility index (Phi) is 29.9. The van der Waals surface area contributed by atoms with Crippen molar-refractivity contribution in [3.8, 4) is 0 Å². The van der Waals surface area contributed by atoms with Crippen LogP contribution in [0, 0.1) is 0 Å². The molecule has 0 amide bonds. The summed E-state index contributed by atoms with van der Waals surface area (Å²) in [5.74, 6) is 0. The second-order valence-electron chi connectivity index (χ2n) is 26.8. The monoisotopic (exact) mass is 1450 g/mol. The van der Waals surface area contributed by atoms with Crippen molar-refractivity contribution in [3.05, 3.63) is 359 Å². The average molecular weight is 1450 g/mol. The van der Waals surface area contributed by atoms with Gasteiger partial charge >= 0.3 is 0 Å². The fourth-order valence-electron chi connectivity index (χ4n) is 13.3. The van der Waals surface area contributed by atoms with Gasteiger partial charge in [-0.05, 0) is 68.6 Å². The van der Waals surface area contributed by atoms with Crippen LogP contribution in [0.1, 0.15) is 62.1 Å². The highest BCUT2D eigenvalue weighted by atomic mass is 16.8. The number of hydrogen-bond donors (Lipinski definition) is 1. The molecule has 3 heterocycles. The summed E-state index contributed by atoms with van der Waals surface area (Å²) in [6.07, 6.45) is -15.2. The van der Waals surface area contributed by atoms with Crippen LogP contribution in [0.15, 0.2) is 303 Å². The molecule has 2 N–H and O–H groups in total. The maximum atomic E-state index is 7.86. The molecule has 3 aliphatic rings. The van der Waals surface area contributed by atoms with Crippen molar-refractivity contribution in [2.75, 3.05) is 26.4 Å². The molecule has 15 atom stereocenters. The molecule has 107 heavy (non-hydrogen) atoms. The Morgan fingerprint density at radius 2 is 0.449 bits per heavy atom. The summed E-state index contributed by atoms with van der Waals surface area (Å²) in [4.78, 5) is 0. The summed E-state index contributed by atoms with van der Waals surface area (Å²) < 4.78 is 117. The molecule has 10 aromatic rings. The molecule has 0 aromatic heterocycles. The van der Waals surface area contributed by atoms with Gasteiger partial charge in [0.25, 0.3) is 0 Å². The molecular weight excluding hydrogens is 1350 g/mol. The lowest BCUT2D eigenvalue weighted by atomic mass is 9.96. The predicted molar refractivity (Wildman–Crippen MR) is 404 cm³/mol. The van der Waals surface area contributed by atoms with E-state index in [9.17, 15) is 0 Å². The van der Waals surface area contributed by atoms with Crippen LogP contribution in [0.25, 0.3) is 0 Å². The van der Waals surface area contributed by atoms with E-state index in [0.717, 1.165) is 55.6 Å². The molecule has 0 bridgehead atoms. The van der Waals surface area contributed by atoms with Gasteiger partial charge in [-0.2, -0.15) is 0 Å². The zero-order chi connectivity index (χ0) is 72.7. The van der Waals surface area contributed by atoms with E-state index in [0.29, 0.717) is 13.0 Å². The van der Waals surface area contributed by atoms with Crippen LogP contribution < -0.4 is 5.73 Å². The molecular formula is C90H97NO16. The zero-order valence-electron chi connectivity index (χ0n) is 60.2. The second-order valence-corrected chi connectivity index (χ2v) is 26.8. The Morgan fingerprint density at radius 1 is 0.215 bits per heavy atom. The standard InChI is InChI=1S/C90H97NO16/c91-52-31-53-94-87-83(99-60-72-44-23-7-24-45-72)81(97-58-70-40-19-5-20-41-70)79(77(103-87)65-93-55-67-34-13-2-14-35-67)105-90-85(101-62-74-48-27-9-28-49-74)82(98-59-71-42-21-6-22-43-71)86(88(107-90)102-63-75-50-29-10-30-51-75)106-89-84(100-61-73-46-25-8-26-47-73)80(96-57-69-38-17-4-18-39-69)78(95-56-68-36-15-3-16-37-68)76(104-89)64-92-54-66-32-11-1-12-33-66/h1-30,32-51,76-90H,31,52-65,91H2. The molecule has 17 heteroatoms. The van der Waals surface area contributed by atoms with Crippen molar-refractivity contribution in [2.45, 2.75) is 165 Å². The van der Waals surface area contributed by atoms with E-state index in [4.69, 9.17) is 81.5 Å². The third kappa shape index (κ3) is 23.0. The van der Waals surface area contributed by atoms with E-state index in [1.165, 1.54) is 0 Å². The Labute approximate surface area is 628 Å². The van der Waals surface area contributed by atoms with Gasteiger partial charge in [-0.3, -0.25) is 0 Å². The first-order chi connectivity index (χ1) is 53.0. The first-order valence-corrected chi connectivity index (χ1v) is 37.1. The van der Waals surface area contributed by atoms with Gasteiger partial charge in [-0.1, -0.05) is 303 Å². The minimum Gasteiger partial charge on any atom is -0.374 e. The molecule has 13 rings (SSSR count). The van der Waals surface area contributed by atoms with Gasteiger partial charge in [0.05, 0.1) is 85.9 Å². The Bertz CT molecular complexity index is 4020. The first-order valence-electron chi connectivity index (χ1n) is 37.1. The third-order valence-electron chi connectivity index (χ3n) is 18.9. The SMILES string of the molecule is NCCCOC1OC(COCc2ccccc2)C(OC2OC(OCc3ccccc3)C(OC3OC(COCc4ccccc4)C(OCc4ccccc4)C(OCc4ccccc4)C3OCc3ccccc3)C(OCc3ccccc3)C2OCc2ccccc2)C(OCc2ccccc2)C1OCc1ccccc1. The van der Waals surface area contributed by atoms with Crippen molar-refractivity contribution in [1.82, 2.24) is 0 Å². The lowest BCUT2D eigenvalue weighted by Gasteiger charge is -2.51. The summed E-state index contributed by atoms with van der Waals surface area (Å²) in [5.41, 5.74) is 15.4. The molecule has 558 valence electrons. The van der Waals surface area contributed by atoms with Crippen molar-refractivity contribution < 1.29 is 75.8 Å². The highest BCUT2D eigenvalue weighted by Gasteiger charge is 2.58. The van der Waals surface area contributed by atoms with E-state index >= 15 is 0 Å². The Morgan fingerprint density at radius 3 is 0.785 bits per heavy atom. The summed E-state index contributed by atoms with van der Waals surface area (Å²) >= 11 is 0. The fraction of sp³-hybridized carbons (Fsp3) is 0.333. The normalized spacial score (nSPS) is 24.4. The van der Waals surface area contributed by atoms with Crippen molar-refractivity contribution in [3.63, 3.8) is 0 Å². The maximum absolute atomic E-state index is 7.86. The smallest absolute Gasteiger partial charge is 0.190 e. The highest BCUT2D eigenvalue weighted by molar-refractivity contribution is 5.21. The van der Waals surface area contributed by atoms with Crippen LogP contribution in [-0.4, -0.2) is 119 Å². The minimum absolute atomic E-state index is 0.0198. The van der Waals surface area contributed by atoms with Gasteiger partial charge in [0, 0.05) is 0 Å². The summed E-state index contributed by atoms with van der Waals surface area (Å²) in [5, 5.41) is 0.